The Kier molecular flexibility index (Phi) is 9.30. The van der Waals surface area contributed by atoms with Crippen molar-refractivity contribution in [3.05, 3.63) is 36.0 Å². The van der Waals surface area contributed by atoms with E-state index >= 15 is 0 Å². The summed E-state index contributed by atoms with van der Waals surface area (Å²) in [7, 11) is 0. The van der Waals surface area contributed by atoms with Gasteiger partial charge in [-0.3, -0.25) is 14.4 Å². The molecule has 0 radical (unpaired) electrons. The number of benzene rings is 1. The zero-order chi connectivity index (χ0) is 24.7. The van der Waals surface area contributed by atoms with Crippen molar-refractivity contribution < 1.29 is 24.3 Å². The first kappa shape index (κ1) is 26.2. The van der Waals surface area contributed by atoms with Gasteiger partial charge in [0.1, 0.15) is 18.1 Å². The fourth-order valence-electron chi connectivity index (χ4n) is 3.27. The topological polar surface area (TPSA) is 166 Å². The molecular weight excluding hydrogens is 446 g/mol. The van der Waals surface area contributed by atoms with E-state index in [1.54, 1.807) is 20.0 Å². The second kappa shape index (κ2) is 11.7. The van der Waals surface area contributed by atoms with Gasteiger partial charge in [0, 0.05) is 29.3 Å². The quantitative estimate of drug-likeness (QED) is 0.228. The van der Waals surface area contributed by atoms with Gasteiger partial charge in [0.25, 0.3) is 0 Å². The van der Waals surface area contributed by atoms with Crippen LogP contribution in [-0.4, -0.2) is 63.7 Å². The minimum Gasteiger partial charge on any atom is -0.480 e. The second-order valence-electron chi connectivity index (χ2n) is 8.23. The first-order valence-corrected chi connectivity index (χ1v) is 11.2. The van der Waals surface area contributed by atoms with Crippen LogP contribution in [0.2, 0.25) is 0 Å². The monoisotopic (exact) mass is 477 g/mol. The molecule has 0 aliphatic rings. The number of H-pyrrole nitrogens is 1. The van der Waals surface area contributed by atoms with E-state index in [9.17, 15) is 24.3 Å². The molecule has 0 saturated carbocycles. The van der Waals surface area contributed by atoms with Crippen molar-refractivity contribution in [2.45, 2.75) is 51.4 Å². The van der Waals surface area contributed by atoms with Crippen molar-refractivity contribution in [1.82, 2.24) is 20.9 Å². The van der Waals surface area contributed by atoms with E-state index in [1.807, 2.05) is 24.3 Å². The molecule has 33 heavy (non-hydrogen) atoms. The zero-order valence-corrected chi connectivity index (χ0v) is 19.7. The number of aromatic nitrogens is 1. The Morgan fingerprint density at radius 3 is 2.21 bits per heavy atom. The molecule has 1 heterocycles. The van der Waals surface area contributed by atoms with Crippen molar-refractivity contribution in [2.24, 2.45) is 11.7 Å². The fourth-order valence-corrected chi connectivity index (χ4v) is 3.52. The Bertz CT molecular complexity index is 1010. The number of carboxylic acid groups (broad SMARTS) is 1. The molecule has 1 aromatic heterocycles. The molecule has 0 bridgehead atoms. The highest BCUT2D eigenvalue weighted by Crippen LogP contribution is 2.19. The number of hydrogen-bond acceptors (Lipinski definition) is 6. The second-order valence-corrected chi connectivity index (χ2v) is 8.59. The van der Waals surface area contributed by atoms with E-state index < -0.39 is 47.9 Å². The number of thiol groups is 1. The molecule has 4 unspecified atom stereocenters. The van der Waals surface area contributed by atoms with Crippen molar-refractivity contribution in [3.63, 3.8) is 0 Å². The summed E-state index contributed by atoms with van der Waals surface area (Å²) in [5, 5.41) is 17.8. The number of nitrogens with one attached hydrogen (secondary N) is 4. The van der Waals surface area contributed by atoms with Crippen LogP contribution in [0.3, 0.4) is 0 Å². The van der Waals surface area contributed by atoms with E-state index in [-0.39, 0.29) is 18.1 Å². The lowest BCUT2D eigenvalue weighted by Gasteiger charge is -2.26. The Labute approximate surface area is 197 Å². The SMILES string of the molecule is CC(N)C(=O)NC(C(=O)NC(Cc1c[nH]c2ccccc12)C(=O)NC(CS)C(=O)O)C(C)C. The van der Waals surface area contributed by atoms with Crippen LogP contribution in [0.15, 0.2) is 30.5 Å². The van der Waals surface area contributed by atoms with Gasteiger partial charge in [-0.05, 0) is 24.5 Å². The van der Waals surface area contributed by atoms with Crippen molar-refractivity contribution in [3.8, 4) is 0 Å². The maximum Gasteiger partial charge on any atom is 0.327 e. The molecule has 0 aliphatic carbocycles. The van der Waals surface area contributed by atoms with Crippen LogP contribution in [0.5, 0.6) is 0 Å². The molecule has 11 heteroatoms. The number of carboxylic acids is 1. The number of aliphatic carboxylic acids is 1. The lowest BCUT2D eigenvalue weighted by atomic mass is 10.00. The summed E-state index contributed by atoms with van der Waals surface area (Å²) in [6.07, 6.45) is 1.84. The highest BCUT2D eigenvalue weighted by molar-refractivity contribution is 7.80. The largest absolute Gasteiger partial charge is 0.480 e. The zero-order valence-electron chi connectivity index (χ0n) is 18.8. The van der Waals surface area contributed by atoms with E-state index in [2.05, 4.69) is 33.6 Å². The first-order valence-electron chi connectivity index (χ1n) is 10.6. The van der Waals surface area contributed by atoms with Gasteiger partial charge in [-0.2, -0.15) is 12.6 Å². The van der Waals surface area contributed by atoms with Crippen LogP contribution >= 0.6 is 12.6 Å². The Morgan fingerprint density at radius 2 is 1.64 bits per heavy atom. The van der Waals surface area contributed by atoms with Gasteiger partial charge in [-0.1, -0.05) is 32.0 Å². The third kappa shape index (κ3) is 6.96. The summed E-state index contributed by atoms with van der Waals surface area (Å²) >= 11 is 3.97. The van der Waals surface area contributed by atoms with Crippen LogP contribution in [0, 0.1) is 5.92 Å². The summed E-state index contributed by atoms with van der Waals surface area (Å²) in [4.78, 5) is 52.6. The maximum absolute atomic E-state index is 13.1. The molecule has 1 aromatic carbocycles. The summed E-state index contributed by atoms with van der Waals surface area (Å²) in [6, 6.07) is 3.43. The first-order chi connectivity index (χ1) is 15.5. The Balaban J connectivity index is 2.30. The summed E-state index contributed by atoms with van der Waals surface area (Å²) in [5.41, 5.74) is 7.23. The van der Waals surface area contributed by atoms with Gasteiger partial charge in [0.15, 0.2) is 0 Å². The fraction of sp³-hybridized carbons (Fsp3) is 0.455. The van der Waals surface area contributed by atoms with Gasteiger partial charge in [-0.15, -0.1) is 0 Å². The average Bonchev–Trinajstić information content (AvgIpc) is 3.17. The van der Waals surface area contributed by atoms with Crippen LogP contribution in [0.4, 0.5) is 0 Å². The molecule has 3 amide bonds. The third-order valence-corrected chi connectivity index (χ3v) is 5.55. The van der Waals surface area contributed by atoms with Crippen molar-refractivity contribution in [1.29, 1.82) is 0 Å². The number of aromatic amines is 1. The average molecular weight is 478 g/mol. The minimum absolute atomic E-state index is 0.104. The lowest BCUT2D eigenvalue weighted by molar-refractivity contribution is -0.141. The van der Waals surface area contributed by atoms with Crippen LogP contribution in [0.25, 0.3) is 10.9 Å². The number of carbonyl (C=O) groups excluding carboxylic acids is 3. The summed E-state index contributed by atoms with van der Waals surface area (Å²) in [6.45, 7) is 5.00. The number of rotatable bonds is 11. The summed E-state index contributed by atoms with van der Waals surface area (Å²) < 4.78 is 0. The third-order valence-electron chi connectivity index (χ3n) is 5.19. The number of carbonyl (C=O) groups is 4. The number of fused-ring (bicyclic) bond motifs is 1. The number of nitrogens with two attached hydrogens (primary N) is 1. The molecule has 180 valence electrons. The molecule has 0 saturated heterocycles. The van der Waals surface area contributed by atoms with Gasteiger partial charge in [0.05, 0.1) is 6.04 Å². The number of para-hydroxylation sites is 1. The highest BCUT2D eigenvalue weighted by Gasteiger charge is 2.31. The van der Waals surface area contributed by atoms with Crippen LogP contribution < -0.4 is 21.7 Å². The molecule has 10 nitrogen and oxygen atoms in total. The van der Waals surface area contributed by atoms with Crippen molar-refractivity contribution >= 4 is 47.2 Å². The molecule has 0 fully saturated rings. The predicted octanol–water partition coefficient (Wildman–Crippen LogP) is 0.182. The van der Waals surface area contributed by atoms with Gasteiger partial charge < -0.3 is 31.8 Å². The molecular formula is C22H31N5O5S. The van der Waals surface area contributed by atoms with E-state index in [1.165, 1.54) is 6.92 Å². The van der Waals surface area contributed by atoms with Gasteiger partial charge >= 0.3 is 5.97 Å². The van der Waals surface area contributed by atoms with Crippen molar-refractivity contribution in [2.75, 3.05) is 5.75 Å². The highest BCUT2D eigenvalue weighted by atomic mass is 32.1. The molecule has 0 spiro atoms. The van der Waals surface area contributed by atoms with Gasteiger partial charge in [-0.25, -0.2) is 4.79 Å². The Hall–Kier alpha value is -3.05. The Morgan fingerprint density at radius 1 is 1.00 bits per heavy atom. The maximum atomic E-state index is 13.1. The van der Waals surface area contributed by atoms with E-state index in [4.69, 9.17) is 5.73 Å². The standard InChI is InChI=1S/C22H31N5O5S/c1-11(2)18(27-19(28)12(3)23)21(30)25-16(20(29)26-17(10-33)22(31)32)8-13-9-24-15-7-5-4-6-14(13)15/h4-7,9,11-12,16-18,24,33H,8,10,23H2,1-3H3,(H,25,30)(H,26,29)(H,27,28)(H,31,32). The van der Waals surface area contributed by atoms with E-state index in [0.717, 1.165) is 16.5 Å². The molecule has 0 aliphatic heterocycles. The number of hydrogen-bond donors (Lipinski definition) is 7. The van der Waals surface area contributed by atoms with E-state index in [0.29, 0.717) is 0 Å². The molecule has 7 N–H and O–H groups in total. The lowest BCUT2D eigenvalue weighted by Crippen LogP contribution is -2.58. The minimum atomic E-state index is -1.24. The molecule has 4 atom stereocenters. The van der Waals surface area contributed by atoms with Crippen LogP contribution in [-0.2, 0) is 25.6 Å². The normalized spacial score (nSPS) is 14.8. The molecule has 2 aromatic rings. The molecule has 2 rings (SSSR count). The predicted molar refractivity (Wildman–Crippen MR) is 128 cm³/mol. The van der Waals surface area contributed by atoms with Gasteiger partial charge in [0.2, 0.25) is 17.7 Å². The summed E-state index contributed by atoms with van der Waals surface area (Å²) in [5.74, 6) is -3.38. The smallest absolute Gasteiger partial charge is 0.327 e. The van der Waals surface area contributed by atoms with Crippen LogP contribution in [0.1, 0.15) is 26.3 Å². The number of amides is 3.